The third kappa shape index (κ3) is 3.16. The minimum atomic E-state index is -0.476. The van der Waals surface area contributed by atoms with Gasteiger partial charge in [-0.2, -0.15) is 5.10 Å². The molecule has 2 rings (SSSR count). The first kappa shape index (κ1) is 13.7. The summed E-state index contributed by atoms with van der Waals surface area (Å²) >= 11 is 0. The van der Waals surface area contributed by atoms with E-state index >= 15 is 0 Å². The van der Waals surface area contributed by atoms with Crippen molar-refractivity contribution in [2.75, 3.05) is 6.61 Å². The molecule has 0 amide bonds. The number of aromatic nitrogens is 3. The quantitative estimate of drug-likeness (QED) is 0.465. The third-order valence-corrected chi connectivity index (χ3v) is 2.47. The maximum absolute atomic E-state index is 11.3. The van der Waals surface area contributed by atoms with Crippen LogP contribution >= 0.6 is 0 Å². The number of carbonyl (C=O) groups excluding carboxylic acids is 1. The molecule has 0 bridgehead atoms. The molecule has 104 valence electrons. The Bertz CT molecular complexity index is 621. The molecular formula is C12H12N4O4. The zero-order valence-electron chi connectivity index (χ0n) is 10.7. The summed E-state index contributed by atoms with van der Waals surface area (Å²) in [5, 5.41) is 14.7. The van der Waals surface area contributed by atoms with Gasteiger partial charge < -0.3 is 4.74 Å². The van der Waals surface area contributed by atoms with Crippen LogP contribution in [0.4, 0.5) is 5.69 Å². The first-order valence-electron chi connectivity index (χ1n) is 5.90. The van der Waals surface area contributed by atoms with E-state index in [1.165, 1.54) is 23.1 Å². The van der Waals surface area contributed by atoms with Gasteiger partial charge in [0.25, 0.3) is 5.69 Å². The number of non-ortho nitro benzene ring substituents is 1. The van der Waals surface area contributed by atoms with Crippen molar-refractivity contribution < 1.29 is 14.5 Å². The van der Waals surface area contributed by atoms with Crippen LogP contribution in [0, 0.1) is 10.1 Å². The molecule has 1 heterocycles. The second kappa shape index (κ2) is 5.91. The standard InChI is InChI=1S/C12H12N4O4/c1-2-20-11(17)7-15-8-13-12(14-15)9-3-5-10(6-4-9)16(18)19/h3-6,8H,2,7H2,1H3. The van der Waals surface area contributed by atoms with E-state index in [0.29, 0.717) is 18.0 Å². The van der Waals surface area contributed by atoms with Crippen LogP contribution in [0.15, 0.2) is 30.6 Å². The predicted octanol–water partition coefficient (Wildman–Crippen LogP) is 1.42. The SMILES string of the molecule is CCOC(=O)Cn1cnc(-c2ccc([N+](=O)[O-])cc2)n1. The molecule has 8 heteroatoms. The normalized spacial score (nSPS) is 10.2. The highest BCUT2D eigenvalue weighted by Gasteiger charge is 2.10. The van der Waals surface area contributed by atoms with E-state index in [-0.39, 0.29) is 12.2 Å². The van der Waals surface area contributed by atoms with Crippen molar-refractivity contribution in [1.29, 1.82) is 0 Å². The van der Waals surface area contributed by atoms with Crippen molar-refractivity contribution >= 4 is 11.7 Å². The summed E-state index contributed by atoms with van der Waals surface area (Å²) in [5.41, 5.74) is 0.637. The molecule has 0 aliphatic rings. The van der Waals surface area contributed by atoms with Gasteiger partial charge in [0.15, 0.2) is 5.82 Å². The van der Waals surface area contributed by atoms with Crippen molar-refractivity contribution in [2.45, 2.75) is 13.5 Å². The second-order valence-corrected chi connectivity index (χ2v) is 3.87. The zero-order valence-corrected chi connectivity index (χ0v) is 10.7. The molecule has 0 spiro atoms. The van der Waals surface area contributed by atoms with Gasteiger partial charge in [-0.3, -0.25) is 14.9 Å². The largest absolute Gasteiger partial charge is 0.465 e. The Labute approximate surface area is 114 Å². The Morgan fingerprint density at radius 1 is 1.40 bits per heavy atom. The van der Waals surface area contributed by atoms with Crippen molar-refractivity contribution in [3.63, 3.8) is 0 Å². The second-order valence-electron chi connectivity index (χ2n) is 3.87. The first-order chi connectivity index (χ1) is 9.60. The maximum atomic E-state index is 11.3. The number of esters is 1. The molecule has 0 saturated carbocycles. The minimum Gasteiger partial charge on any atom is -0.465 e. The summed E-state index contributed by atoms with van der Waals surface area (Å²) in [6.45, 7) is 2.01. The molecule has 1 aromatic carbocycles. The zero-order chi connectivity index (χ0) is 14.5. The molecule has 0 aliphatic heterocycles. The fraction of sp³-hybridized carbons (Fsp3) is 0.250. The lowest BCUT2D eigenvalue weighted by Crippen LogP contribution is -2.13. The number of nitrogens with zero attached hydrogens (tertiary/aromatic N) is 4. The van der Waals surface area contributed by atoms with Crippen LogP contribution in [0.25, 0.3) is 11.4 Å². The average Bonchev–Trinajstić information content (AvgIpc) is 2.87. The fourth-order valence-corrected chi connectivity index (χ4v) is 1.57. The number of nitro benzene ring substituents is 1. The van der Waals surface area contributed by atoms with Gasteiger partial charge in [-0.15, -0.1) is 0 Å². The minimum absolute atomic E-state index is 0.000272. The van der Waals surface area contributed by atoms with Crippen molar-refractivity contribution in [3.05, 3.63) is 40.7 Å². The van der Waals surface area contributed by atoms with Crippen LogP contribution < -0.4 is 0 Å². The maximum Gasteiger partial charge on any atom is 0.327 e. The number of carbonyl (C=O) groups is 1. The van der Waals surface area contributed by atoms with Crippen LogP contribution in [-0.4, -0.2) is 32.3 Å². The smallest absolute Gasteiger partial charge is 0.327 e. The van der Waals surface area contributed by atoms with Crippen LogP contribution in [-0.2, 0) is 16.1 Å². The number of hydrogen-bond acceptors (Lipinski definition) is 6. The van der Waals surface area contributed by atoms with Crippen LogP contribution in [0.5, 0.6) is 0 Å². The summed E-state index contributed by atoms with van der Waals surface area (Å²) < 4.78 is 6.16. The Balaban J connectivity index is 2.12. The number of ether oxygens (including phenoxy) is 1. The lowest BCUT2D eigenvalue weighted by atomic mass is 10.2. The number of nitro groups is 1. The Morgan fingerprint density at radius 3 is 2.70 bits per heavy atom. The number of rotatable bonds is 5. The van der Waals surface area contributed by atoms with Crippen molar-refractivity contribution in [1.82, 2.24) is 14.8 Å². The summed E-state index contributed by atoms with van der Waals surface area (Å²) in [6, 6.07) is 5.87. The van der Waals surface area contributed by atoms with E-state index in [9.17, 15) is 14.9 Å². The number of hydrogen-bond donors (Lipinski definition) is 0. The summed E-state index contributed by atoms with van der Waals surface area (Å²) in [5.74, 6) is -0.00292. The lowest BCUT2D eigenvalue weighted by Gasteiger charge is -2.00. The van der Waals surface area contributed by atoms with E-state index in [4.69, 9.17) is 4.74 Å². The van der Waals surface area contributed by atoms with Crippen LogP contribution in [0.2, 0.25) is 0 Å². The predicted molar refractivity (Wildman–Crippen MR) is 68.7 cm³/mol. The molecule has 20 heavy (non-hydrogen) atoms. The van der Waals surface area contributed by atoms with E-state index in [1.807, 2.05) is 0 Å². The summed E-state index contributed by atoms with van der Waals surface area (Å²) in [7, 11) is 0. The first-order valence-corrected chi connectivity index (χ1v) is 5.90. The molecule has 0 aliphatic carbocycles. The molecule has 0 saturated heterocycles. The Kier molecular flexibility index (Phi) is 4.04. The molecule has 0 atom stereocenters. The molecule has 0 fully saturated rings. The van der Waals surface area contributed by atoms with Gasteiger partial charge in [0, 0.05) is 17.7 Å². The van der Waals surface area contributed by atoms with Gasteiger partial charge in [-0.1, -0.05) is 0 Å². The fourth-order valence-electron chi connectivity index (χ4n) is 1.57. The van der Waals surface area contributed by atoms with Crippen LogP contribution in [0.3, 0.4) is 0 Å². The van der Waals surface area contributed by atoms with Crippen molar-refractivity contribution in [3.8, 4) is 11.4 Å². The highest BCUT2D eigenvalue weighted by molar-refractivity contribution is 5.69. The Hall–Kier alpha value is -2.77. The topological polar surface area (TPSA) is 100 Å². The summed E-state index contributed by atoms with van der Waals surface area (Å²) in [4.78, 5) is 25.4. The number of benzene rings is 1. The van der Waals surface area contributed by atoms with Gasteiger partial charge in [-0.05, 0) is 19.1 Å². The van der Waals surface area contributed by atoms with Crippen LogP contribution in [0.1, 0.15) is 6.92 Å². The van der Waals surface area contributed by atoms with E-state index < -0.39 is 10.9 Å². The van der Waals surface area contributed by atoms with Gasteiger partial charge >= 0.3 is 5.97 Å². The molecular weight excluding hydrogens is 264 g/mol. The lowest BCUT2D eigenvalue weighted by molar-refractivity contribution is -0.384. The van der Waals surface area contributed by atoms with Gasteiger partial charge in [-0.25, -0.2) is 9.67 Å². The molecule has 1 aromatic heterocycles. The van der Waals surface area contributed by atoms with Crippen molar-refractivity contribution in [2.24, 2.45) is 0 Å². The summed E-state index contributed by atoms with van der Waals surface area (Å²) in [6.07, 6.45) is 1.41. The highest BCUT2D eigenvalue weighted by Crippen LogP contribution is 2.18. The Morgan fingerprint density at radius 2 is 2.10 bits per heavy atom. The molecule has 8 nitrogen and oxygen atoms in total. The molecule has 0 radical (unpaired) electrons. The molecule has 2 aromatic rings. The van der Waals surface area contributed by atoms with Gasteiger partial charge in [0.1, 0.15) is 12.9 Å². The average molecular weight is 276 g/mol. The third-order valence-electron chi connectivity index (χ3n) is 2.47. The van der Waals surface area contributed by atoms with E-state index in [2.05, 4.69) is 10.1 Å². The highest BCUT2D eigenvalue weighted by atomic mass is 16.6. The van der Waals surface area contributed by atoms with E-state index in [0.717, 1.165) is 0 Å². The monoisotopic (exact) mass is 276 g/mol. The van der Waals surface area contributed by atoms with E-state index in [1.54, 1.807) is 19.1 Å². The van der Waals surface area contributed by atoms with Gasteiger partial charge in [0.05, 0.1) is 11.5 Å². The molecule has 0 N–H and O–H groups in total. The molecule has 0 unspecified atom stereocenters. The van der Waals surface area contributed by atoms with Gasteiger partial charge in [0.2, 0.25) is 0 Å².